The van der Waals surface area contributed by atoms with Crippen LogP contribution < -0.4 is 10.1 Å². The molecule has 0 saturated carbocycles. The van der Waals surface area contributed by atoms with Crippen LogP contribution in [0.1, 0.15) is 5.56 Å². The number of halogens is 1. The summed E-state index contributed by atoms with van der Waals surface area (Å²) in [6, 6.07) is 13.0. The summed E-state index contributed by atoms with van der Waals surface area (Å²) in [6.45, 7) is 0. The van der Waals surface area contributed by atoms with Crippen molar-refractivity contribution in [2.75, 3.05) is 5.32 Å². The van der Waals surface area contributed by atoms with E-state index in [0.717, 1.165) is 21.3 Å². The fourth-order valence-electron chi connectivity index (χ4n) is 2.66. The number of aromatic nitrogens is 3. The number of carbonyl (C=O) groups is 1. The molecule has 1 amide bonds. The molecule has 1 unspecified atom stereocenters. The van der Waals surface area contributed by atoms with Crippen molar-refractivity contribution in [3.8, 4) is 5.75 Å². The van der Waals surface area contributed by atoms with Gasteiger partial charge in [0.05, 0.1) is 0 Å². The highest BCUT2D eigenvalue weighted by molar-refractivity contribution is 7.99. The van der Waals surface area contributed by atoms with E-state index in [1.807, 2.05) is 41.9 Å². The van der Waals surface area contributed by atoms with E-state index >= 15 is 0 Å². The number of nitrogens with one attached hydrogen (secondary N) is 1. The molecule has 1 N–H and O–H groups in total. The monoisotopic (exact) mass is 386 g/mol. The van der Waals surface area contributed by atoms with Crippen molar-refractivity contribution in [1.29, 1.82) is 0 Å². The van der Waals surface area contributed by atoms with Crippen LogP contribution in [0.2, 0.25) is 5.02 Å². The molecule has 1 aliphatic rings. The van der Waals surface area contributed by atoms with Crippen molar-refractivity contribution >= 4 is 35.0 Å². The Labute approximate surface area is 159 Å². The summed E-state index contributed by atoms with van der Waals surface area (Å²) >= 11 is 7.49. The molecule has 8 heteroatoms. The fourth-order valence-corrected chi connectivity index (χ4v) is 3.62. The van der Waals surface area contributed by atoms with E-state index in [4.69, 9.17) is 16.3 Å². The van der Waals surface area contributed by atoms with Gasteiger partial charge in [-0.1, -0.05) is 11.6 Å². The number of carbonyl (C=O) groups excluding carboxylic acids is 1. The molecule has 3 aromatic rings. The van der Waals surface area contributed by atoms with Crippen LogP contribution in [0, 0.1) is 0 Å². The van der Waals surface area contributed by atoms with Gasteiger partial charge < -0.3 is 14.6 Å². The zero-order valence-electron chi connectivity index (χ0n) is 13.8. The third kappa shape index (κ3) is 3.54. The SMILES string of the molecule is Cn1cnnc1Sc1ccc(NC(=O)C2Cc3cc(Cl)ccc3O2)cc1. The largest absolute Gasteiger partial charge is 0.480 e. The van der Waals surface area contributed by atoms with Gasteiger partial charge in [-0.3, -0.25) is 4.79 Å². The van der Waals surface area contributed by atoms with Crippen LogP contribution in [-0.2, 0) is 18.3 Å². The zero-order chi connectivity index (χ0) is 18.1. The topological polar surface area (TPSA) is 69.0 Å². The summed E-state index contributed by atoms with van der Waals surface area (Å²) in [7, 11) is 1.89. The normalized spacial score (nSPS) is 15.4. The number of aryl methyl sites for hydroxylation is 1. The Morgan fingerprint density at radius 3 is 2.85 bits per heavy atom. The van der Waals surface area contributed by atoms with Crippen LogP contribution in [-0.4, -0.2) is 26.8 Å². The quantitative estimate of drug-likeness (QED) is 0.742. The van der Waals surface area contributed by atoms with Gasteiger partial charge in [0.15, 0.2) is 11.3 Å². The molecule has 0 bridgehead atoms. The Morgan fingerprint density at radius 2 is 2.12 bits per heavy atom. The maximum Gasteiger partial charge on any atom is 0.265 e. The highest BCUT2D eigenvalue weighted by Gasteiger charge is 2.29. The number of amides is 1. The molecule has 26 heavy (non-hydrogen) atoms. The van der Waals surface area contributed by atoms with E-state index in [2.05, 4.69) is 15.5 Å². The van der Waals surface area contributed by atoms with E-state index in [-0.39, 0.29) is 5.91 Å². The van der Waals surface area contributed by atoms with E-state index in [1.165, 1.54) is 11.8 Å². The molecule has 4 rings (SSSR count). The van der Waals surface area contributed by atoms with Gasteiger partial charge in [0.1, 0.15) is 12.1 Å². The number of hydrogen-bond donors (Lipinski definition) is 1. The average molecular weight is 387 g/mol. The third-order valence-corrected chi connectivity index (χ3v) is 5.29. The number of benzene rings is 2. The second-order valence-corrected chi connectivity index (χ2v) is 7.38. The predicted molar refractivity (Wildman–Crippen MR) is 99.8 cm³/mol. The van der Waals surface area contributed by atoms with E-state index < -0.39 is 6.10 Å². The van der Waals surface area contributed by atoms with Crippen LogP contribution in [0.3, 0.4) is 0 Å². The molecule has 0 radical (unpaired) electrons. The number of rotatable bonds is 4. The Kier molecular flexibility index (Phi) is 4.57. The van der Waals surface area contributed by atoms with Crippen molar-refractivity contribution in [3.05, 3.63) is 59.4 Å². The van der Waals surface area contributed by atoms with Gasteiger partial charge >= 0.3 is 0 Å². The number of nitrogens with zero attached hydrogens (tertiary/aromatic N) is 3. The van der Waals surface area contributed by atoms with Crippen molar-refractivity contribution in [3.63, 3.8) is 0 Å². The van der Waals surface area contributed by atoms with Crippen LogP contribution in [0.15, 0.2) is 58.8 Å². The Balaban J connectivity index is 1.38. The average Bonchev–Trinajstić information content (AvgIpc) is 3.22. The molecule has 0 aliphatic carbocycles. The maximum atomic E-state index is 12.5. The van der Waals surface area contributed by atoms with Gasteiger partial charge in [0.2, 0.25) is 0 Å². The van der Waals surface area contributed by atoms with Crippen LogP contribution >= 0.6 is 23.4 Å². The molecule has 6 nitrogen and oxygen atoms in total. The van der Waals surface area contributed by atoms with Gasteiger partial charge in [-0.25, -0.2) is 0 Å². The molecular formula is C18H15ClN4O2S. The predicted octanol–water partition coefficient (Wildman–Crippen LogP) is 3.56. The molecule has 0 fully saturated rings. The number of anilines is 1. The van der Waals surface area contributed by atoms with Crippen molar-refractivity contribution in [2.45, 2.75) is 22.6 Å². The minimum absolute atomic E-state index is 0.175. The first kappa shape index (κ1) is 16.9. The summed E-state index contributed by atoms with van der Waals surface area (Å²) in [5.41, 5.74) is 1.67. The van der Waals surface area contributed by atoms with Gasteiger partial charge in [-0.05, 0) is 59.8 Å². The second kappa shape index (κ2) is 7.01. The lowest BCUT2D eigenvalue weighted by molar-refractivity contribution is -0.122. The van der Waals surface area contributed by atoms with Gasteiger partial charge in [0.25, 0.3) is 5.91 Å². The van der Waals surface area contributed by atoms with E-state index in [0.29, 0.717) is 17.2 Å². The summed E-state index contributed by atoms with van der Waals surface area (Å²) in [4.78, 5) is 13.5. The molecule has 132 valence electrons. The fraction of sp³-hybridized carbons (Fsp3) is 0.167. The smallest absolute Gasteiger partial charge is 0.265 e. The van der Waals surface area contributed by atoms with Crippen LogP contribution in [0.25, 0.3) is 0 Å². The Bertz CT molecular complexity index is 958. The highest BCUT2D eigenvalue weighted by Crippen LogP contribution is 2.32. The molecule has 0 spiro atoms. The van der Waals surface area contributed by atoms with Crippen molar-refractivity contribution in [1.82, 2.24) is 14.8 Å². The third-order valence-electron chi connectivity index (χ3n) is 3.99. The molecule has 1 aliphatic heterocycles. The minimum atomic E-state index is -0.545. The summed E-state index contributed by atoms with van der Waals surface area (Å²) in [5.74, 6) is 0.538. The minimum Gasteiger partial charge on any atom is -0.480 e. The number of hydrogen-bond acceptors (Lipinski definition) is 5. The number of ether oxygens (including phenoxy) is 1. The lowest BCUT2D eigenvalue weighted by Gasteiger charge is -2.11. The van der Waals surface area contributed by atoms with E-state index in [9.17, 15) is 4.79 Å². The Morgan fingerprint density at radius 1 is 1.31 bits per heavy atom. The lowest BCUT2D eigenvalue weighted by atomic mass is 10.1. The Hall–Kier alpha value is -2.51. The molecule has 2 aromatic carbocycles. The summed E-state index contributed by atoms with van der Waals surface area (Å²) in [5, 5.41) is 12.2. The first-order valence-corrected chi connectivity index (χ1v) is 9.16. The van der Waals surface area contributed by atoms with Gasteiger partial charge in [-0.15, -0.1) is 10.2 Å². The molecule has 1 atom stereocenters. The van der Waals surface area contributed by atoms with Crippen molar-refractivity contribution in [2.24, 2.45) is 7.05 Å². The lowest BCUT2D eigenvalue weighted by Crippen LogP contribution is -2.31. The molecule has 2 heterocycles. The van der Waals surface area contributed by atoms with Gasteiger partial charge in [-0.2, -0.15) is 0 Å². The second-order valence-electron chi connectivity index (χ2n) is 5.90. The summed E-state index contributed by atoms with van der Waals surface area (Å²) < 4.78 is 7.56. The van der Waals surface area contributed by atoms with Crippen molar-refractivity contribution < 1.29 is 9.53 Å². The maximum absolute atomic E-state index is 12.5. The molecule has 0 saturated heterocycles. The first-order valence-electron chi connectivity index (χ1n) is 7.96. The zero-order valence-corrected chi connectivity index (χ0v) is 15.4. The molecular weight excluding hydrogens is 372 g/mol. The number of fused-ring (bicyclic) bond motifs is 1. The van der Waals surface area contributed by atoms with Crippen LogP contribution in [0.4, 0.5) is 5.69 Å². The summed E-state index contributed by atoms with van der Waals surface area (Å²) in [6.07, 6.45) is 1.63. The standard InChI is InChI=1S/C18H15ClN4O2S/c1-23-10-20-22-18(23)26-14-5-3-13(4-6-14)21-17(24)16-9-11-8-12(19)2-7-15(11)25-16/h2-8,10,16H,9H2,1H3,(H,21,24). The highest BCUT2D eigenvalue weighted by atomic mass is 35.5. The molecule has 1 aromatic heterocycles. The van der Waals surface area contributed by atoms with Crippen LogP contribution in [0.5, 0.6) is 5.75 Å². The van der Waals surface area contributed by atoms with E-state index in [1.54, 1.807) is 18.5 Å². The van der Waals surface area contributed by atoms with Gasteiger partial charge in [0, 0.05) is 29.1 Å². The first-order chi connectivity index (χ1) is 12.6.